The van der Waals surface area contributed by atoms with Crippen molar-refractivity contribution in [3.05, 3.63) is 66.9 Å². The molecule has 3 aromatic rings. The fourth-order valence-corrected chi connectivity index (χ4v) is 3.89. The number of amides is 2. The number of imidazole rings is 1. The number of benzene rings is 1. The normalized spacial score (nSPS) is 13.5. The molecule has 1 aliphatic heterocycles. The molecule has 1 fully saturated rings. The molecule has 1 saturated heterocycles. The van der Waals surface area contributed by atoms with Crippen molar-refractivity contribution in [1.82, 2.24) is 19.4 Å². The molecule has 9 heteroatoms. The molecule has 0 unspecified atom stereocenters. The summed E-state index contributed by atoms with van der Waals surface area (Å²) in [5, 5.41) is 3.01. The van der Waals surface area contributed by atoms with Crippen LogP contribution in [0.25, 0.3) is 0 Å². The minimum atomic E-state index is -0.169. The molecule has 2 aromatic heterocycles. The lowest BCUT2D eigenvalue weighted by Crippen LogP contribution is -2.37. The van der Waals surface area contributed by atoms with Gasteiger partial charge in [-0.25, -0.2) is 14.8 Å². The van der Waals surface area contributed by atoms with E-state index < -0.39 is 0 Å². The molecular weight excluding hydrogens is 432 g/mol. The summed E-state index contributed by atoms with van der Waals surface area (Å²) in [5.74, 6) is 1.69. The van der Waals surface area contributed by atoms with E-state index in [1.807, 2.05) is 59.0 Å². The number of pyridine rings is 1. The number of ether oxygens (including phenoxy) is 2. The quantitative estimate of drug-likeness (QED) is 0.493. The zero-order valence-corrected chi connectivity index (χ0v) is 19.6. The molecule has 1 aromatic carbocycles. The van der Waals surface area contributed by atoms with Crippen LogP contribution < -0.4 is 15.0 Å². The highest BCUT2D eigenvalue weighted by Gasteiger charge is 2.17. The fourth-order valence-electron chi connectivity index (χ4n) is 3.89. The maximum absolute atomic E-state index is 13.3. The molecule has 0 radical (unpaired) electrons. The first-order valence-corrected chi connectivity index (χ1v) is 11.7. The van der Waals surface area contributed by atoms with Crippen molar-refractivity contribution in [2.75, 3.05) is 49.7 Å². The highest BCUT2D eigenvalue weighted by molar-refractivity contribution is 5.89. The summed E-state index contributed by atoms with van der Waals surface area (Å²) in [6.07, 6.45) is 7.98. The highest BCUT2D eigenvalue weighted by atomic mass is 16.5. The summed E-state index contributed by atoms with van der Waals surface area (Å²) in [6, 6.07) is 11.5. The number of hydrogen-bond acceptors (Lipinski definition) is 6. The van der Waals surface area contributed by atoms with Crippen molar-refractivity contribution in [1.29, 1.82) is 0 Å². The second kappa shape index (κ2) is 12.0. The number of carbonyl (C=O) groups is 1. The zero-order chi connectivity index (χ0) is 23.6. The lowest BCUT2D eigenvalue weighted by Gasteiger charge is -2.28. The Morgan fingerprint density at radius 3 is 2.79 bits per heavy atom. The first-order valence-electron chi connectivity index (χ1n) is 11.7. The Morgan fingerprint density at radius 2 is 2.06 bits per heavy atom. The van der Waals surface area contributed by atoms with E-state index in [2.05, 4.69) is 20.2 Å². The molecule has 1 aliphatic rings. The molecule has 0 spiro atoms. The van der Waals surface area contributed by atoms with E-state index in [-0.39, 0.29) is 6.03 Å². The third kappa shape index (κ3) is 6.48. The van der Waals surface area contributed by atoms with Gasteiger partial charge in [-0.3, -0.25) is 0 Å². The number of carbonyl (C=O) groups excluding carboxylic acids is 1. The predicted octanol–water partition coefficient (Wildman–Crippen LogP) is 3.64. The number of hydrogen-bond donors (Lipinski definition) is 1. The van der Waals surface area contributed by atoms with Crippen LogP contribution in [-0.2, 0) is 17.8 Å². The number of nitrogens with zero attached hydrogens (tertiary/aromatic N) is 5. The average Bonchev–Trinajstić information content (AvgIpc) is 3.39. The second-order valence-corrected chi connectivity index (χ2v) is 8.05. The predicted molar refractivity (Wildman–Crippen MR) is 131 cm³/mol. The first kappa shape index (κ1) is 23.6. The Morgan fingerprint density at radius 1 is 1.21 bits per heavy atom. The number of rotatable bonds is 10. The molecule has 9 nitrogen and oxygen atoms in total. The van der Waals surface area contributed by atoms with E-state index >= 15 is 0 Å². The van der Waals surface area contributed by atoms with Gasteiger partial charge in [-0.15, -0.1) is 0 Å². The topological polar surface area (TPSA) is 84.8 Å². The molecule has 180 valence electrons. The van der Waals surface area contributed by atoms with Gasteiger partial charge in [0.1, 0.15) is 11.6 Å². The van der Waals surface area contributed by atoms with Gasteiger partial charge in [0.2, 0.25) is 0 Å². The zero-order valence-electron chi connectivity index (χ0n) is 19.6. The molecular formula is C25H32N6O3. The lowest BCUT2D eigenvalue weighted by atomic mass is 10.2. The number of urea groups is 1. The van der Waals surface area contributed by atoms with Crippen LogP contribution >= 0.6 is 0 Å². The maximum atomic E-state index is 13.3. The number of anilines is 2. The van der Waals surface area contributed by atoms with Crippen LogP contribution in [-0.4, -0.2) is 64.9 Å². The van der Waals surface area contributed by atoms with Gasteiger partial charge in [-0.05, 0) is 31.5 Å². The van der Waals surface area contributed by atoms with Gasteiger partial charge in [0.25, 0.3) is 0 Å². The third-order valence-corrected chi connectivity index (χ3v) is 5.66. The largest absolute Gasteiger partial charge is 0.494 e. The fraction of sp³-hybridized carbons (Fsp3) is 0.400. The van der Waals surface area contributed by atoms with Crippen LogP contribution in [0.2, 0.25) is 0 Å². The van der Waals surface area contributed by atoms with Gasteiger partial charge in [-0.1, -0.05) is 18.2 Å². The summed E-state index contributed by atoms with van der Waals surface area (Å²) >= 11 is 0. The minimum Gasteiger partial charge on any atom is -0.494 e. The van der Waals surface area contributed by atoms with Crippen molar-refractivity contribution in [2.45, 2.75) is 26.4 Å². The summed E-state index contributed by atoms with van der Waals surface area (Å²) in [4.78, 5) is 25.9. The smallest absolute Gasteiger partial charge is 0.322 e. The van der Waals surface area contributed by atoms with Crippen LogP contribution in [0.3, 0.4) is 0 Å². The SMILES string of the molecule is CCOc1ccccc1CN(CCCn1ccnc1)C(=O)Nc1ccc(N2CCOCC2)nc1. The second-order valence-electron chi connectivity index (χ2n) is 8.05. The van der Waals surface area contributed by atoms with E-state index in [1.165, 1.54) is 0 Å². The Balaban J connectivity index is 1.43. The van der Waals surface area contributed by atoms with Crippen molar-refractivity contribution in [3.63, 3.8) is 0 Å². The molecule has 0 bridgehead atoms. The van der Waals surface area contributed by atoms with Crippen LogP contribution in [0, 0.1) is 0 Å². The minimum absolute atomic E-state index is 0.169. The van der Waals surface area contributed by atoms with E-state index in [1.54, 1.807) is 18.7 Å². The summed E-state index contributed by atoms with van der Waals surface area (Å²) in [6.45, 7) is 7.41. The average molecular weight is 465 g/mol. The molecule has 34 heavy (non-hydrogen) atoms. The van der Waals surface area contributed by atoms with Gasteiger partial charge < -0.3 is 29.2 Å². The molecule has 0 aliphatic carbocycles. The van der Waals surface area contributed by atoms with Gasteiger partial charge in [0.15, 0.2) is 0 Å². The van der Waals surface area contributed by atoms with Crippen molar-refractivity contribution < 1.29 is 14.3 Å². The van der Waals surface area contributed by atoms with Gasteiger partial charge in [-0.2, -0.15) is 0 Å². The van der Waals surface area contributed by atoms with E-state index in [9.17, 15) is 4.79 Å². The Kier molecular flexibility index (Phi) is 8.34. The number of para-hydroxylation sites is 1. The maximum Gasteiger partial charge on any atom is 0.322 e. The lowest BCUT2D eigenvalue weighted by molar-refractivity contribution is 0.122. The third-order valence-electron chi connectivity index (χ3n) is 5.66. The van der Waals surface area contributed by atoms with Gasteiger partial charge in [0.05, 0.1) is 44.6 Å². The summed E-state index contributed by atoms with van der Waals surface area (Å²) in [5.41, 5.74) is 1.64. The van der Waals surface area contributed by atoms with E-state index in [0.717, 1.165) is 43.2 Å². The van der Waals surface area contributed by atoms with E-state index in [0.29, 0.717) is 38.6 Å². The molecule has 0 atom stereocenters. The van der Waals surface area contributed by atoms with Crippen LogP contribution in [0.5, 0.6) is 5.75 Å². The van der Waals surface area contributed by atoms with Crippen LogP contribution in [0.1, 0.15) is 18.9 Å². The Labute approximate surface area is 200 Å². The van der Waals surface area contributed by atoms with Gasteiger partial charge >= 0.3 is 6.03 Å². The van der Waals surface area contributed by atoms with Crippen LogP contribution in [0.4, 0.5) is 16.3 Å². The van der Waals surface area contributed by atoms with Crippen molar-refractivity contribution in [3.8, 4) is 5.75 Å². The number of aryl methyl sites for hydroxylation is 1. The van der Waals surface area contributed by atoms with Crippen molar-refractivity contribution in [2.24, 2.45) is 0 Å². The molecule has 2 amide bonds. The molecule has 0 saturated carbocycles. The van der Waals surface area contributed by atoms with Gasteiger partial charge in [0, 0.05) is 44.1 Å². The molecule has 4 rings (SSSR count). The van der Waals surface area contributed by atoms with Crippen LogP contribution in [0.15, 0.2) is 61.3 Å². The number of nitrogens with one attached hydrogen (secondary N) is 1. The molecule has 3 heterocycles. The monoisotopic (exact) mass is 464 g/mol. The summed E-state index contributed by atoms with van der Waals surface area (Å²) < 4.78 is 13.2. The Bertz CT molecular complexity index is 1020. The van der Waals surface area contributed by atoms with E-state index in [4.69, 9.17) is 9.47 Å². The number of morpholine rings is 1. The first-order chi connectivity index (χ1) is 16.7. The van der Waals surface area contributed by atoms with Crippen molar-refractivity contribution >= 4 is 17.5 Å². The Hall–Kier alpha value is -3.59. The summed E-state index contributed by atoms with van der Waals surface area (Å²) in [7, 11) is 0. The highest BCUT2D eigenvalue weighted by Crippen LogP contribution is 2.21. The standard InChI is InChI=1S/C25H32N6O3/c1-2-34-23-7-4-3-6-21(23)19-31(12-5-11-29-13-10-26-20-29)25(32)28-22-8-9-24(27-18-22)30-14-16-33-17-15-30/h3-4,6-10,13,18,20H,2,5,11-12,14-17,19H2,1H3,(H,28,32). The number of aromatic nitrogens is 3. The molecule has 1 N–H and O–H groups in total.